The average Bonchev–Trinajstić information content (AvgIpc) is 3.38. The predicted molar refractivity (Wildman–Crippen MR) is 124 cm³/mol. The first kappa shape index (κ1) is 22.6. The molecular formula is C27H35F2N3O2. The van der Waals surface area contributed by atoms with Crippen molar-refractivity contribution < 1.29 is 18.7 Å². The third kappa shape index (κ3) is 3.44. The van der Waals surface area contributed by atoms with E-state index in [-0.39, 0.29) is 29.5 Å². The predicted octanol–water partition coefficient (Wildman–Crippen LogP) is 5.11. The molecule has 1 aromatic heterocycles. The van der Waals surface area contributed by atoms with Gasteiger partial charge in [0.05, 0.1) is 11.1 Å². The number of ketones is 1. The molecule has 6 rings (SSSR count). The number of carbonyl (C=O) groups excluding carboxylic acids is 1. The zero-order valence-electron chi connectivity index (χ0n) is 19.9. The molecule has 0 saturated heterocycles. The molecule has 0 amide bonds. The number of nitrogens with zero attached hydrogens (tertiary/aromatic N) is 3. The van der Waals surface area contributed by atoms with Gasteiger partial charge < -0.3 is 5.11 Å². The Hall–Kier alpha value is -1.89. The number of fused-ring (bicyclic) bond motifs is 6. The second-order valence-corrected chi connectivity index (χ2v) is 12.1. The van der Waals surface area contributed by atoms with Crippen molar-refractivity contribution in [1.29, 1.82) is 0 Å². The summed E-state index contributed by atoms with van der Waals surface area (Å²) in [6.45, 7) is 1.91. The van der Waals surface area contributed by atoms with E-state index < -0.39 is 12.3 Å². The summed E-state index contributed by atoms with van der Waals surface area (Å²) in [5, 5.41) is 18.7. The van der Waals surface area contributed by atoms with Gasteiger partial charge in [-0.2, -0.15) is 0 Å². The lowest BCUT2D eigenvalue weighted by Crippen LogP contribution is -2.52. The van der Waals surface area contributed by atoms with Gasteiger partial charge in [0.1, 0.15) is 24.6 Å². The second-order valence-electron chi connectivity index (χ2n) is 12.1. The summed E-state index contributed by atoms with van der Waals surface area (Å²) in [6, 6.07) is 4.39. The van der Waals surface area contributed by atoms with Gasteiger partial charge >= 0.3 is 0 Å². The lowest BCUT2D eigenvalue weighted by molar-refractivity contribution is -0.134. The zero-order chi connectivity index (χ0) is 23.7. The standard InChI is InChI=1S/C27H35F2N3O2/c1-26-10-8-19-18-9-11-27(34,15-28)13-16(18)2-4-20(19)21(26)5-6-22(26)25(33)14-32-24-7-3-17(29)12-23(24)30-31-32/h3,7,12,16,18-22,34H,2,4-6,8-11,13-15H2,1H3/t16-,18+,19?,20-,21+,22-,26+,27-/m1/s1. The molecule has 0 spiro atoms. The van der Waals surface area contributed by atoms with E-state index >= 15 is 0 Å². The molecule has 34 heavy (non-hydrogen) atoms. The normalized spacial score (nSPS) is 41.6. The van der Waals surface area contributed by atoms with Crippen LogP contribution in [0, 0.1) is 46.7 Å². The molecule has 0 aliphatic heterocycles. The maximum absolute atomic E-state index is 13.6. The van der Waals surface area contributed by atoms with E-state index in [1.165, 1.54) is 12.1 Å². The lowest BCUT2D eigenvalue weighted by atomic mass is 9.49. The van der Waals surface area contributed by atoms with Gasteiger partial charge in [-0.15, -0.1) is 5.10 Å². The smallest absolute Gasteiger partial charge is 0.157 e. The van der Waals surface area contributed by atoms with Crippen LogP contribution in [0.25, 0.3) is 11.0 Å². The molecule has 1 heterocycles. The summed E-state index contributed by atoms with van der Waals surface area (Å²) in [5.74, 6) is 2.81. The van der Waals surface area contributed by atoms with Crippen molar-refractivity contribution in [3.63, 3.8) is 0 Å². The maximum atomic E-state index is 13.6. The van der Waals surface area contributed by atoms with Gasteiger partial charge in [-0.1, -0.05) is 12.1 Å². The Kier molecular flexibility index (Phi) is 5.36. The highest BCUT2D eigenvalue weighted by Crippen LogP contribution is 2.64. The van der Waals surface area contributed by atoms with Crippen LogP contribution in [0.3, 0.4) is 0 Å². The Labute approximate surface area is 199 Å². The molecule has 4 aliphatic rings. The van der Waals surface area contributed by atoms with Crippen LogP contribution < -0.4 is 0 Å². The SMILES string of the molecule is C[C@]12CCC3[C@H]4CC[C@](O)(CF)C[C@H]4CC[C@H]3[C@@H]1CC[C@@H]2C(=O)Cn1nnc2cc(F)ccc21. The minimum Gasteiger partial charge on any atom is -0.387 e. The fraction of sp³-hybridized carbons (Fsp3) is 0.741. The lowest BCUT2D eigenvalue weighted by Gasteiger charge is -2.56. The molecule has 4 aliphatic carbocycles. The number of Topliss-reactive ketones (excluding diaryl/α,β-unsaturated/α-hetero) is 1. The maximum Gasteiger partial charge on any atom is 0.157 e. The molecule has 1 N–H and O–H groups in total. The van der Waals surface area contributed by atoms with Crippen LogP contribution in [0.1, 0.15) is 64.7 Å². The van der Waals surface area contributed by atoms with E-state index in [0.29, 0.717) is 53.5 Å². The Morgan fingerprint density at radius 2 is 1.94 bits per heavy atom. The summed E-state index contributed by atoms with van der Waals surface area (Å²) < 4.78 is 28.6. The Balaban J connectivity index is 1.18. The van der Waals surface area contributed by atoms with Crippen molar-refractivity contribution in [2.24, 2.45) is 40.9 Å². The zero-order valence-corrected chi connectivity index (χ0v) is 19.9. The van der Waals surface area contributed by atoms with Crippen LogP contribution in [0.5, 0.6) is 0 Å². The van der Waals surface area contributed by atoms with Crippen LogP contribution in [-0.4, -0.2) is 38.2 Å². The van der Waals surface area contributed by atoms with Gasteiger partial charge in [-0.05, 0) is 105 Å². The van der Waals surface area contributed by atoms with Crippen LogP contribution in [-0.2, 0) is 11.3 Å². The molecule has 1 unspecified atom stereocenters. The molecule has 0 radical (unpaired) electrons. The van der Waals surface area contributed by atoms with Crippen molar-refractivity contribution in [2.75, 3.05) is 6.67 Å². The molecule has 0 bridgehead atoms. The summed E-state index contributed by atoms with van der Waals surface area (Å²) in [4.78, 5) is 13.6. The van der Waals surface area contributed by atoms with Gasteiger partial charge in [0, 0.05) is 12.0 Å². The fourth-order valence-electron chi connectivity index (χ4n) is 8.93. The molecule has 4 fully saturated rings. The molecule has 4 saturated carbocycles. The first-order chi connectivity index (χ1) is 16.3. The quantitative estimate of drug-likeness (QED) is 0.673. The number of hydrogen-bond donors (Lipinski definition) is 1. The van der Waals surface area contributed by atoms with Crippen LogP contribution in [0.4, 0.5) is 8.78 Å². The number of benzene rings is 1. The fourth-order valence-corrected chi connectivity index (χ4v) is 8.93. The molecule has 1 aromatic carbocycles. The minimum absolute atomic E-state index is 0.0158. The number of alkyl halides is 1. The van der Waals surface area contributed by atoms with E-state index in [2.05, 4.69) is 17.2 Å². The topological polar surface area (TPSA) is 68.0 Å². The van der Waals surface area contributed by atoms with Crippen LogP contribution in [0.2, 0.25) is 0 Å². The van der Waals surface area contributed by atoms with E-state index in [4.69, 9.17) is 0 Å². The van der Waals surface area contributed by atoms with Gasteiger partial charge in [0.15, 0.2) is 5.78 Å². The van der Waals surface area contributed by atoms with E-state index in [0.717, 1.165) is 44.9 Å². The molecule has 184 valence electrons. The molecule has 5 nitrogen and oxygen atoms in total. The number of hydrogen-bond acceptors (Lipinski definition) is 4. The third-order valence-electron chi connectivity index (χ3n) is 10.5. The van der Waals surface area contributed by atoms with Gasteiger partial charge in [0.2, 0.25) is 0 Å². The van der Waals surface area contributed by atoms with Crippen molar-refractivity contribution >= 4 is 16.8 Å². The monoisotopic (exact) mass is 471 g/mol. The van der Waals surface area contributed by atoms with E-state index in [1.54, 1.807) is 10.7 Å². The third-order valence-corrected chi connectivity index (χ3v) is 10.5. The Bertz CT molecular complexity index is 1100. The number of rotatable bonds is 4. The minimum atomic E-state index is -1.10. The summed E-state index contributed by atoms with van der Waals surface area (Å²) in [7, 11) is 0. The number of halogens is 2. The van der Waals surface area contributed by atoms with Crippen molar-refractivity contribution in [3.05, 3.63) is 24.0 Å². The van der Waals surface area contributed by atoms with Crippen LogP contribution in [0.15, 0.2) is 18.2 Å². The van der Waals surface area contributed by atoms with Gasteiger partial charge in [-0.3, -0.25) is 4.79 Å². The van der Waals surface area contributed by atoms with Crippen molar-refractivity contribution in [1.82, 2.24) is 15.0 Å². The average molecular weight is 472 g/mol. The summed E-state index contributed by atoms with van der Waals surface area (Å²) >= 11 is 0. The summed E-state index contributed by atoms with van der Waals surface area (Å²) in [5.41, 5.74) is 0.0936. The van der Waals surface area contributed by atoms with E-state index in [9.17, 15) is 18.7 Å². The molecular weight excluding hydrogens is 436 g/mol. The van der Waals surface area contributed by atoms with Crippen molar-refractivity contribution in [2.45, 2.75) is 76.9 Å². The highest BCUT2D eigenvalue weighted by atomic mass is 19.1. The first-order valence-electron chi connectivity index (χ1n) is 13.1. The van der Waals surface area contributed by atoms with Gasteiger partial charge in [0.25, 0.3) is 0 Å². The Morgan fingerprint density at radius 1 is 1.12 bits per heavy atom. The van der Waals surface area contributed by atoms with E-state index in [1.807, 2.05) is 0 Å². The van der Waals surface area contributed by atoms with Gasteiger partial charge in [-0.25, -0.2) is 13.5 Å². The van der Waals surface area contributed by atoms with Crippen LogP contribution >= 0.6 is 0 Å². The molecule has 7 heteroatoms. The molecule has 8 atom stereocenters. The Morgan fingerprint density at radius 3 is 2.76 bits per heavy atom. The summed E-state index contributed by atoms with van der Waals surface area (Å²) in [6.07, 6.45) is 8.62. The number of aliphatic hydroxyl groups is 1. The number of aromatic nitrogens is 3. The highest BCUT2D eigenvalue weighted by molar-refractivity contribution is 5.84. The number of carbonyl (C=O) groups is 1. The van der Waals surface area contributed by atoms with Crippen molar-refractivity contribution in [3.8, 4) is 0 Å². The highest BCUT2D eigenvalue weighted by Gasteiger charge is 2.59. The first-order valence-corrected chi connectivity index (χ1v) is 13.1. The molecule has 2 aromatic rings. The second kappa shape index (κ2) is 8.07. The largest absolute Gasteiger partial charge is 0.387 e.